The fourth-order valence-corrected chi connectivity index (χ4v) is 2.53. The third kappa shape index (κ3) is 2.54. The summed E-state index contributed by atoms with van der Waals surface area (Å²) in [6.45, 7) is 0. The zero-order chi connectivity index (χ0) is 11.4. The van der Waals surface area contributed by atoms with E-state index in [-0.39, 0.29) is 0 Å². The van der Waals surface area contributed by atoms with Crippen LogP contribution < -0.4 is 4.74 Å². The summed E-state index contributed by atoms with van der Waals surface area (Å²) in [4.78, 5) is 5.44. The lowest BCUT2D eigenvalue weighted by Crippen LogP contribution is -1.92. The van der Waals surface area contributed by atoms with Gasteiger partial charge in [-0.3, -0.25) is 0 Å². The Hall–Kier alpha value is -1.06. The van der Waals surface area contributed by atoms with E-state index in [0.717, 1.165) is 27.6 Å². The van der Waals surface area contributed by atoms with E-state index in [0.29, 0.717) is 5.88 Å². The first-order valence-electron chi connectivity index (χ1n) is 4.95. The summed E-state index contributed by atoms with van der Waals surface area (Å²) < 4.78 is 5.30. The third-order valence-corrected chi connectivity index (χ3v) is 3.71. The van der Waals surface area contributed by atoms with Gasteiger partial charge in [-0.15, -0.1) is 22.9 Å². The number of alkyl halides is 1. The molecule has 0 fully saturated rings. The molecule has 0 radical (unpaired) electrons. The average Bonchev–Trinajstić information content (AvgIpc) is 2.77. The molecule has 1 aromatic carbocycles. The van der Waals surface area contributed by atoms with Crippen LogP contribution >= 0.6 is 22.9 Å². The molecule has 0 saturated heterocycles. The lowest BCUT2D eigenvalue weighted by atomic mass is 10.1. The van der Waals surface area contributed by atoms with Crippen molar-refractivity contribution in [3.63, 3.8) is 0 Å². The Morgan fingerprint density at radius 2 is 2.19 bits per heavy atom. The molecular formula is C12H12ClNOS. The highest BCUT2D eigenvalue weighted by Crippen LogP contribution is 2.23. The van der Waals surface area contributed by atoms with Crippen LogP contribution in [-0.4, -0.2) is 12.1 Å². The Morgan fingerprint density at radius 1 is 1.38 bits per heavy atom. The molecule has 0 unspecified atom stereocenters. The number of hydrogen-bond donors (Lipinski definition) is 0. The second-order valence-corrected chi connectivity index (χ2v) is 4.81. The van der Waals surface area contributed by atoms with Crippen LogP contribution in [0.2, 0.25) is 0 Å². The third-order valence-electron chi connectivity index (χ3n) is 2.27. The number of rotatable bonds is 4. The summed E-state index contributed by atoms with van der Waals surface area (Å²) in [6.07, 6.45) is 2.63. The highest BCUT2D eigenvalue weighted by atomic mass is 35.5. The summed E-state index contributed by atoms with van der Waals surface area (Å²) in [6, 6.07) is 7.99. The van der Waals surface area contributed by atoms with Gasteiger partial charge in [-0.1, -0.05) is 18.2 Å². The molecule has 4 heteroatoms. The Morgan fingerprint density at radius 3 is 2.88 bits per heavy atom. The maximum atomic E-state index is 5.75. The van der Waals surface area contributed by atoms with Crippen LogP contribution in [-0.2, 0) is 12.3 Å². The fourth-order valence-electron chi connectivity index (χ4n) is 1.50. The van der Waals surface area contributed by atoms with Gasteiger partial charge in [0.25, 0.3) is 0 Å². The van der Waals surface area contributed by atoms with Crippen molar-refractivity contribution in [2.75, 3.05) is 7.11 Å². The van der Waals surface area contributed by atoms with Crippen molar-refractivity contribution in [1.29, 1.82) is 0 Å². The van der Waals surface area contributed by atoms with Gasteiger partial charge in [-0.2, -0.15) is 0 Å². The first-order chi connectivity index (χ1) is 7.83. The van der Waals surface area contributed by atoms with E-state index in [1.54, 1.807) is 18.4 Å². The molecule has 16 heavy (non-hydrogen) atoms. The van der Waals surface area contributed by atoms with Crippen LogP contribution in [0.25, 0.3) is 0 Å². The molecule has 1 heterocycles. The fraction of sp³-hybridized carbons (Fsp3) is 0.250. The van der Waals surface area contributed by atoms with Gasteiger partial charge in [0.05, 0.1) is 18.0 Å². The first-order valence-corrected chi connectivity index (χ1v) is 6.30. The summed E-state index contributed by atoms with van der Waals surface area (Å²) in [7, 11) is 1.69. The normalized spacial score (nSPS) is 10.4. The van der Waals surface area contributed by atoms with E-state index in [2.05, 4.69) is 11.1 Å². The topological polar surface area (TPSA) is 22.1 Å². The van der Waals surface area contributed by atoms with Gasteiger partial charge in [0.15, 0.2) is 0 Å². The highest BCUT2D eigenvalue weighted by molar-refractivity contribution is 7.11. The minimum absolute atomic E-state index is 0.531. The smallest absolute Gasteiger partial charge is 0.122 e. The average molecular weight is 254 g/mol. The van der Waals surface area contributed by atoms with E-state index in [1.165, 1.54) is 0 Å². The lowest BCUT2D eigenvalue weighted by Gasteiger charge is -2.05. The van der Waals surface area contributed by atoms with Crippen LogP contribution in [0.1, 0.15) is 15.4 Å². The van der Waals surface area contributed by atoms with Gasteiger partial charge in [0.1, 0.15) is 5.75 Å². The van der Waals surface area contributed by atoms with E-state index in [1.807, 2.05) is 24.4 Å². The molecule has 0 aliphatic rings. The van der Waals surface area contributed by atoms with E-state index >= 15 is 0 Å². The van der Waals surface area contributed by atoms with Crippen LogP contribution in [0.3, 0.4) is 0 Å². The van der Waals surface area contributed by atoms with Crippen molar-refractivity contribution in [3.05, 3.63) is 45.9 Å². The minimum atomic E-state index is 0.531. The molecule has 2 nitrogen and oxygen atoms in total. The quantitative estimate of drug-likeness (QED) is 0.779. The van der Waals surface area contributed by atoms with Crippen LogP contribution in [0, 0.1) is 0 Å². The Kier molecular flexibility index (Phi) is 3.80. The Labute approximate surface area is 104 Å². The summed E-state index contributed by atoms with van der Waals surface area (Å²) in [5, 5.41) is 1.07. The molecule has 0 aliphatic heterocycles. The maximum absolute atomic E-state index is 5.75. The molecule has 2 aromatic rings. The number of hydrogen-bond acceptors (Lipinski definition) is 3. The number of thiazole rings is 1. The summed E-state index contributed by atoms with van der Waals surface area (Å²) in [5.74, 6) is 1.44. The number of ether oxygens (including phenoxy) is 1. The second-order valence-electron chi connectivity index (χ2n) is 3.34. The predicted molar refractivity (Wildman–Crippen MR) is 67.5 cm³/mol. The largest absolute Gasteiger partial charge is 0.496 e. The number of para-hydroxylation sites is 1. The molecule has 0 amide bonds. The van der Waals surface area contributed by atoms with E-state index in [9.17, 15) is 0 Å². The van der Waals surface area contributed by atoms with Crippen LogP contribution in [0.4, 0.5) is 0 Å². The number of nitrogens with zero attached hydrogens (tertiary/aromatic N) is 1. The molecular weight excluding hydrogens is 242 g/mol. The molecule has 84 valence electrons. The molecule has 0 bridgehead atoms. The Bertz CT molecular complexity index is 470. The SMILES string of the molecule is COc1ccccc1Cc1ncc(CCl)s1. The summed E-state index contributed by atoms with van der Waals surface area (Å²) in [5.41, 5.74) is 1.15. The molecule has 1 aromatic heterocycles. The van der Waals surface area contributed by atoms with Crippen molar-refractivity contribution >= 4 is 22.9 Å². The first kappa shape index (κ1) is 11.4. The molecule has 0 aliphatic carbocycles. The van der Waals surface area contributed by atoms with Gasteiger partial charge < -0.3 is 4.74 Å². The second kappa shape index (κ2) is 5.32. The van der Waals surface area contributed by atoms with Crippen LogP contribution in [0.5, 0.6) is 5.75 Å². The summed E-state index contributed by atoms with van der Waals surface area (Å²) >= 11 is 7.40. The lowest BCUT2D eigenvalue weighted by molar-refractivity contribution is 0.410. The van der Waals surface area contributed by atoms with E-state index < -0.39 is 0 Å². The molecule has 2 rings (SSSR count). The van der Waals surface area contributed by atoms with Crippen molar-refractivity contribution in [2.24, 2.45) is 0 Å². The molecule has 0 N–H and O–H groups in total. The number of aromatic nitrogens is 1. The van der Waals surface area contributed by atoms with Gasteiger partial charge in [-0.05, 0) is 6.07 Å². The molecule has 0 atom stereocenters. The van der Waals surface area contributed by atoms with Crippen LogP contribution in [0.15, 0.2) is 30.5 Å². The van der Waals surface area contributed by atoms with Crippen molar-refractivity contribution in [2.45, 2.75) is 12.3 Å². The van der Waals surface area contributed by atoms with Crippen molar-refractivity contribution in [3.8, 4) is 5.75 Å². The molecule has 0 saturated carbocycles. The van der Waals surface area contributed by atoms with Gasteiger partial charge in [0.2, 0.25) is 0 Å². The van der Waals surface area contributed by atoms with Crippen molar-refractivity contribution in [1.82, 2.24) is 4.98 Å². The van der Waals surface area contributed by atoms with E-state index in [4.69, 9.17) is 16.3 Å². The minimum Gasteiger partial charge on any atom is -0.496 e. The maximum Gasteiger partial charge on any atom is 0.122 e. The zero-order valence-corrected chi connectivity index (χ0v) is 10.5. The monoisotopic (exact) mass is 253 g/mol. The number of methoxy groups -OCH3 is 1. The zero-order valence-electron chi connectivity index (χ0n) is 8.94. The van der Waals surface area contributed by atoms with Gasteiger partial charge in [-0.25, -0.2) is 4.98 Å². The van der Waals surface area contributed by atoms with Gasteiger partial charge in [0, 0.05) is 23.1 Å². The van der Waals surface area contributed by atoms with Gasteiger partial charge >= 0.3 is 0 Å². The molecule has 0 spiro atoms. The predicted octanol–water partition coefficient (Wildman–Crippen LogP) is 3.48. The Balaban J connectivity index is 2.19. The van der Waals surface area contributed by atoms with Crippen molar-refractivity contribution < 1.29 is 4.74 Å². The number of benzene rings is 1. The number of halogens is 1. The highest BCUT2D eigenvalue weighted by Gasteiger charge is 2.06. The standard InChI is InChI=1S/C12H12ClNOS/c1-15-11-5-3-2-4-9(11)6-12-14-8-10(7-13)16-12/h2-5,8H,6-7H2,1H3.